The largest absolute Gasteiger partial charge is 0.385 e. The summed E-state index contributed by atoms with van der Waals surface area (Å²) in [5.41, 5.74) is 1.60. The highest BCUT2D eigenvalue weighted by molar-refractivity contribution is 5.77. The predicted molar refractivity (Wildman–Crippen MR) is 83.9 cm³/mol. The Morgan fingerprint density at radius 1 is 1.38 bits per heavy atom. The normalized spacial score (nSPS) is 18.1. The molecule has 4 heteroatoms. The minimum atomic E-state index is 0.252. The van der Waals surface area contributed by atoms with Gasteiger partial charge in [-0.1, -0.05) is 6.92 Å². The Bertz CT molecular complexity index is 504. The Labute approximate surface area is 126 Å². The third kappa shape index (κ3) is 4.22. The smallest absolute Gasteiger partial charge is 0.224 e. The van der Waals surface area contributed by atoms with Crippen LogP contribution in [0.3, 0.4) is 0 Å². The average Bonchev–Trinajstić information content (AvgIpc) is 2.55. The molecule has 4 nitrogen and oxygen atoms in total. The summed E-state index contributed by atoms with van der Waals surface area (Å²) in [6.45, 7) is 3.71. The fourth-order valence-corrected chi connectivity index (χ4v) is 2.87. The summed E-state index contributed by atoms with van der Waals surface area (Å²) in [5, 5.41) is 12.0. The van der Waals surface area contributed by atoms with Gasteiger partial charge in [0.15, 0.2) is 0 Å². The highest BCUT2D eigenvalue weighted by Gasteiger charge is 2.24. The van der Waals surface area contributed by atoms with Gasteiger partial charge in [-0.05, 0) is 49.9 Å². The van der Waals surface area contributed by atoms with E-state index in [4.69, 9.17) is 5.26 Å². The van der Waals surface area contributed by atoms with E-state index in [1.807, 2.05) is 12.1 Å². The Hall–Kier alpha value is -2.02. The molecular formula is C17H23N3O. The van der Waals surface area contributed by atoms with Crippen LogP contribution in [0, 0.1) is 11.3 Å². The van der Waals surface area contributed by atoms with Gasteiger partial charge in [-0.15, -0.1) is 0 Å². The molecule has 1 fully saturated rings. The predicted octanol–water partition coefficient (Wildman–Crippen LogP) is 3.15. The van der Waals surface area contributed by atoms with E-state index in [0.717, 1.165) is 31.5 Å². The van der Waals surface area contributed by atoms with Gasteiger partial charge in [0.05, 0.1) is 11.6 Å². The topological polar surface area (TPSA) is 56.1 Å². The molecule has 2 rings (SSSR count). The SMILES string of the molecule is CCC1CCCCN1C(=O)CCNc1ccc(C#N)cc1. The Kier molecular flexibility index (Phi) is 5.62. The van der Waals surface area contributed by atoms with E-state index in [-0.39, 0.29) is 5.91 Å². The molecule has 21 heavy (non-hydrogen) atoms. The molecule has 1 atom stereocenters. The van der Waals surface area contributed by atoms with Crippen LogP contribution in [0.2, 0.25) is 0 Å². The molecule has 1 aliphatic rings. The number of anilines is 1. The molecule has 1 amide bonds. The molecular weight excluding hydrogens is 262 g/mol. The van der Waals surface area contributed by atoms with Crippen LogP contribution in [0.5, 0.6) is 0 Å². The molecule has 0 aromatic heterocycles. The highest BCUT2D eigenvalue weighted by atomic mass is 16.2. The first kappa shape index (κ1) is 15.4. The number of nitrogens with one attached hydrogen (secondary N) is 1. The van der Waals surface area contributed by atoms with E-state index >= 15 is 0 Å². The molecule has 1 aromatic rings. The molecule has 1 saturated heterocycles. The van der Waals surface area contributed by atoms with E-state index in [9.17, 15) is 4.79 Å². The molecule has 0 saturated carbocycles. The van der Waals surface area contributed by atoms with Gasteiger partial charge >= 0.3 is 0 Å². The first-order valence-electron chi connectivity index (χ1n) is 7.78. The zero-order valence-electron chi connectivity index (χ0n) is 12.6. The second-order valence-electron chi connectivity index (χ2n) is 5.51. The number of rotatable bonds is 5. The number of amides is 1. The third-order valence-electron chi connectivity index (χ3n) is 4.10. The van der Waals surface area contributed by atoms with Gasteiger partial charge in [0.25, 0.3) is 0 Å². The van der Waals surface area contributed by atoms with Gasteiger partial charge < -0.3 is 10.2 Å². The molecule has 112 valence electrons. The second-order valence-corrected chi connectivity index (χ2v) is 5.51. The number of piperidine rings is 1. The van der Waals surface area contributed by atoms with Crippen molar-refractivity contribution in [3.8, 4) is 6.07 Å². The number of hydrogen-bond acceptors (Lipinski definition) is 3. The maximum Gasteiger partial charge on any atom is 0.224 e. The summed E-state index contributed by atoms with van der Waals surface area (Å²) < 4.78 is 0. The van der Waals surface area contributed by atoms with Gasteiger partial charge in [-0.3, -0.25) is 4.79 Å². The van der Waals surface area contributed by atoms with Crippen molar-refractivity contribution < 1.29 is 4.79 Å². The van der Waals surface area contributed by atoms with Crippen LogP contribution in [-0.2, 0) is 4.79 Å². The van der Waals surface area contributed by atoms with E-state index < -0.39 is 0 Å². The quantitative estimate of drug-likeness (QED) is 0.904. The fraction of sp³-hybridized carbons (Fsp3) is 0.529. The van der Waals surface area contributed by atoms with E-state index in [2.05, 4.69) is 23.2 Å². The van der Waals surface area contributed by atoms with Crippen LogP contribution in [0.1, 0.15) is 44.6 Å². The van der Waals surface area contributed by atoms with Crippen LogP contribution in [0.25, 0.3) is 0 Å². The lowest BCUT2D eigenvalue weighted by molar-refractivity contribution is -0.134. The summed E-state index contributed by atoms with van der Waals surface area (Å²) in [7, 11) is 0. The molecule has 1 aliphatic heterocycles. The summed E-state index contributed by atoms with van der Waals surface area (Å²) in [5.74, 6) is 0.252. The average molecular weight is 285 g/mol. The van der Waals surface area contributed by atoms with Gasteiger partial charge in [0.1, 0.15) is 0 Å². The number of carbonyl (C=O) groups excluding carboxylic acids is 1. The number of likely N-dealkylation sites (tertiary alicyclic amines) is 1. The van der Waals surface area contributed by atoms with Gasteiger partial charge in [-0.2, -0.15) is 5.26 Å². The molecule has 1 N–H and O–H groups in total. The van der Waals surface area contributed by atoms with E-state index in [1.165, 1.54) is 6.42 Å². The number of hydrogen-bond donors (Lipinski definition) is 1. The van der Waals surface area contributed by atoms with Crippen molar-refractivity contribution in [3.63, 3.8) is 0 Å². The first-order chi connectivity index (χ1) is 10.2. The summed E-state index contributed by atoms with van der Waals surface area (Å²) in [6.07, 6.45) is 5.09. The lowest BCUT2D eigenvalue weighted by Crippen LogP contribution is -2.43. The Morgan fingerprint density at radius 3 is 2.81 bits per heavy atom. The lowest BCUT2D eigenvalue weighted by Gasteiger charge is -2.35. The van der Waals surface area contributed by atoms with Gasteiger partial charge in [0.2, 0.25) is 5.91 Å². The molecule has 1 aromatic carbocycles. The summed E-state index contributed by atoms with van der Waals surface area (Å²) >= 11 is 0. The zero-order valence-corrected chi connectivity index (χ0v) is 12.6. The number of nitriles is 1. The number of carbonyl (C=O) groups is 1. The van der Waals surface area contributed by atoms with Crippen LogP contribution < -0.4 is 5.32 Å². The highest BCUT2D eigenvalue weighted by Crippen LogP contribution is 2.20. The van der Waals surface area contributed by atoms with Crippen LogP contribution in [0.4, 0.5) is 5.69 Å². The fourth-order valence-electron chi connectivity index (χ4n) is 2.87. The molecule has 0 radical (unpaired) electrons. The monoisotopic (exact) mass is 285 g/mol. The van der Waals surface area contributed by atoms with Crippen molar-refractivity contribution in [3.05, 3.63) is 29.8 Å². The van der Waals surface area contributed by atoms with Gasteiger partial charge in [0, 0.05) is 31.2 Å². The van der Waals surface area contributed by atoms with Crippen molar-refractivity contribution >= 4 is 11.6 Å². The zero-order chi connectivity index (χ0) is 15.1. The second kappa shape index (κ2) is 7.68. The van der Waals surface area contributed by atoms with Crippen molar-refractivity contribution in [2.75, 3.05) is 18.4 Å². The summed E-state index contributed by atoms with van der Waals surface area (Å²) in [6, 6.07) is 9.83. The van der Waals surface area contributed by atoms with Crippen molar-refractivity contribution in [1.29, 1.82) is 5.26 Å². The minimum Gasteiger partial charge on any atom is -0.385 e. The van der Waals surface area contributed by atoms with Crippen LogP contribution >= 0.6 is 0 Å². The standard InChI is InChI=1S/C17H23N3O/c1-2-16-5-3-4-12-20(16)17(21)10-11-19-15-8-6-14(13-18)7-9-15/h6-9,16,19H,2-5,10-12H2,1H3. The third-order valence-corrected chi connectivity index (χ3v) is 4.10. The molecule has 0 spiro atoms. The van der Waals surface area contributed by atoms with Crippen molar-refractivity contribution in [2.45, 2.75) is 45.1 Å². The summed E-state index contributed by atoms with van der Waals surface area (Å²) in [4.78, 5) is 14.4. The van der Waals surface area contributed by atoms with Crippen molar-refractivity contribution in [2.24, 2.45) is 0 Å². The lowest BCUT2D eigenvalue weighted by atomic mass is 9.99. The maximum absolute atomic E-state index is 12.3. The number of nitrogens with zero attached hydrogens (tertiary/aromatic N) is 2. The molecule has 1 heterocycles. The van der Waals surface area contributed by atoms with E-state index in [1.54, 1.807) is 12.1 Å². The minimum absolute atomic E-state index is 0.252. The number of benzene rings is 1. The maximum atomic E-state index is 12.3. The molecule has 0 bridgehead atoms. The Balaban J connectivity index is 1.79. The van der Waals surface area contributed by atoms with E-state index in [0.29, 0.717) is 24.6 Å². The first-order valence-corrected chi connectivity index (χ1v) is 7.78. The van der Waals surface area contributed by atoms with Crippen molar-refractivity contribution in [1.82, 2.24) is 4.90 Å². The van der Waals surface area contributed by atoms with Crippen LogP contribution in [-0.4, -0.2) is 29.9 Å². The molecule has 1 unspecified atom stereocenters. The Morgan fingerprint density at radius 2 is 2.14 bits per heavy atom. The molecule has 0 aliphatic carbocycles. The van der Waals surface area contributed by atoms with Gasteiger partial charge in [-0.25, -0.2) is 0 Å². The van der Waals surface area contributed by atoms with Crippen LogP contribution in [0.15, 0.2) is 24.3 Å².